The standard InChI is InChI=1S/C13H26N4/c1-4-7-8-12(5-2)9-14-10-13-16-15-11-17(13)6-3/h11-12,14H,4-10H2,1-3H3. The van der Waals surface area contributed by atoms with Crippen LogP contribution in [0.4, 0.5) is 0 Å². The quantitative estimate of drug-likeness (QED) is 0.719. The molecule has 1 unspecified atom stereocenters. The van der Waals surface area contributed by atoms with Crippen LogP contribution < -0.4 is 5.32 Å². The van der Waals surface area contributed by atoms with Crippen LogP contribution in [-0.4, -0.2) is 21.3 Å². The van der Waals surface area contributed by atoms with Gasteiger partial charge in [-0.2, -0.15) is 0 Å². The fourth-order valence-corrected chi connectivity index (χ4v) is 2.01. The summed E-state index contributed by atoms with van der Waals surface area (Å²) < 4.78 is 2.08. The molecule has 0 saturated carbocycles. The van der Waals surface area contributed by atoms with Crippen LogP contribution >= 0.6 is 0 Å². The van der Waals surface area contributed by atoms with Crippen LogP contribution in [0.25, 0.3) is 0 Å². The van der Waals surface area contributed by atoms with Gasteiger partial charge < -0.3 is 9.88 Å². The van der Waals surface area contributed by atoms with Gasteiger partial charge in [-0.3, -0.25) is 0 Å². The Morgan fingerprint density at radius 3 is 2.82 bits per heavy atom. The molecule has 0 aromatic carbocycles. The molecule has 4 nitrogen and oxygen atoms in total. The Kier molecular flexibility index (Phi) is 6.86. The molecule has 1 aromatic heterocycles. The first-order valence-corrected chi connectivity index (χ1v) is 6.89. The van der Waals surface area contributed by atoms with E-state index in [1.807, 2.05) is 0 Å². The first-order valence-electron chi connectivity index (χ1n) is 6.89. The van der Waals surface area contributed by atoms with E-state index in [1.165, 1.54) is 25.7 Å². The second-order valence-corrected chi connectivity index (χ2v) is 4.58. The van der Waals surface area contributed by atoms with Gasteiger partial charge in [-0.25, -0.2) is 0 Å². The van der Waals surface area contributed by atoms with E-state index in [0.29, 0.717) is 0 Å². The minimum atomic E-state index is 0.799. The van der Waals surface area contributed by atoms with Gasteiger partial charge in [0, 0.05) is 6.54 Å². The summed E-state index contributed by atoms with van der Waals surface area (Å²) in [5.74, 6) is 1.84. The average Bonchev–Trinajstić information content (AvgIpc) is 2.81. The molecule has 0 fully saturated rings. The van der Waals surface area contributed by atoms with E-state index in [4.69, 9.17) is 0 Å². The van der Waals surface area contributed by atoms with E-state index in [0.717, 1.165) is 31.4 Å². The van der Waals surface area contributed by atoms with Gasteiger partial charge in [0.15, 0.2) is 0 Å². The molecule has 1 atom stereocenters. The number of nitrogens with one attached hydrogen (secondary N) is 1. The lowest BCUT2D eigenvalue weighted by Gasteiger charge is -2.15. The molecular formula is C13H26N4. The van der Waals surface area contributed by atoms with E-state index >= 15 is 0 Å². The summed E-state index contributed by atoms with van der Waals surface area (Å²) >= 11 is 0. The van der Waals surface area contributed by atoms with Gasteiger partial charge in [-0.1, -0.05) is 33.1 Å². The molecule has 1 aromatic rings. The smallest absolute Gasteiger partial charge is 0.146 e. The van der Waals surface area contributed by atoms with Crippen molar-refractivity contribution in [1.82, 2.24) is 20.1 Å². The Bertz CT molecular complexity index is 295. The number of unbranched alkanes of at least 4 members (excludes halogenated alkanes) is 1. The third-order valence-corrected chi connectivity index (χ3v) is 3.30. The van der Waals surface area contributed by atoms with E-state index in [2.05, 4.69) is 40.9 Å². The van der Waals surface area contributed by atoms with Gasteiger partial charge in [-0.15, -0.1) is 10.2 Å². The zero-order valence-corrected chi connectivity index (χ0v) is 11.4. The SMILES string of the molecule is CCCCC(CC)CNCc1nncn1CC. The molecule has 1 heterocycles. The van der Waals surface area contributed by atoms with Crippen LogP contribution in [-0.2, 0) is 13.1 Å². The topological polar surface area (TPSA) is 42.7 Å². The molecule has 0 bridgehead atoms. The summed E-state index contributed by atoms with van der Waals surface area (Å²) in [6.07, 6.45) is 7.02. The van der Waals surface area contributed by atoms with Gasteiger partial charge in [0.25, 0.3) is 0 Å². The van der Waals surface area contributed by atoms with E-state index < -0.39 is 0 Å². The molecule has 0 aliphatic heterocycles. The monoisotopic (exact) mass is 238 g/mol. The minimum Gasteiger partial charge on any atom is -0.317 e. The van der Waals surface area contributed by atoms with E-state index in [1.54, 1.807) is 6.33 Å². The van der Waals surface area contributed by atoms with Crippen LogP contribution in [0.1, 0.15) is 52.3 Å². The zero-order valence-electron chi connectivity index (χ0n) is 11.4. The van der Waals surface area contributed by atoms with Crippen LogP contribution in [0.5, 0.6) is 0 Å². The number of hydrogen-bond donors (Lipinski definition) is 1. The molecule has 0 spiro atoms. The molecule has 17 heavy (non-hydrogen) atoms. The lowest BCUT2D eigenvalue weighted by Crippen LogP contribution is -2.23. The zero-order chi connectivity index (χ0) is 12.5. The fraction of sp³-hybridized carbons (Fsp3) is 0.846. The Labute approximate surface area is 105 Å². The minimum absolute atomic E-state index is 0.799. The van der Waals surface area contributed by atoms with Crippen molar-refractivity contribution < 1.29 is 0 Å². The summed E-state index contributed by atoms with van der Waals surface area (Å²) in [5, 5.41) is 11.6. The van der Waals surface area contributed by atoms with E-state index in [-0.39, 0.29) is 0 Å². The maximum Gasteiger partial charge on any atom is 0.146 e. The summed E-state index contributed by atoms with van der Waals surface area (Å²) in [5.41, 5.74) is 0. The second kappa shape index (κ2) is 8.23. The maximum absolute atomic E-state index is 4.12. The van der Waals surface area contributed by atoms with Crippen molar-refractivity contribution in [2.45, 2.75) is 59.5 Å². The van der Waals surface area contributed by atoms with Gasteiger partial charge in [0.2, 0.25) is 0 Å². The van der Waals surface area contributed by atoms with Crippen molar-refractivity contribution in [3.05, 3.63) is 12.2 Å². The van der Waals surface area contributed by atoms with Gasteiger partial charge in [0.1, 0.15) is 12.2 Å². The van der Waals surface area contributed by atoms with Gasteiger partial charge in [-0.05, 0) is 25.8 Å². The Balaban J connectivity index is 2.26. The van der Waals surface area contributed by atoms with Crippen molar-refractivity contribution in [3.63, 3.8) is 0 Å². The highest BCUT2D eigenvalue weighted by Crippen LogP contribution is 2.11. The Morgan fingerprint density at radius 2 is 2.18 bits per heavy atom. The first-order chi connectivity index (χ1) is 8.31. The molecule has 0 aliphatic rings. The summed E-state index contributed by atoms with van der Waals surface area (Å²) in [6, 6.07) is 0. The summed E-state index contributed by atoms with van der Waals surface area (Å²) in [7, 11) is 0. The van der Waals surface area contributed by atoms with Crippen LogP contribution in [0, 0.1) is 5.92 Å². The molecule has 0 saturated heterocycles. The molecule has 4 heteroatoms. The molecule has 0 amide bonds. The Morgan fingerprint density at radius 1 is 1.35 bits per heavy atom. The lowest BCUT2D eigenvalue weighted by molar-refractivity contribution is 0.414. The van der Waals surface area contributed by atoms with Gasteiger partial charge in [0.05, 0.1) is 6.54 Å². The summed E-state index contributed by atoms with van der Waals surface area (Å²) in [4.78, 5) is 0. The number of hydrogen-bond acceptors (Lipinski definition) is 3. The molecule has 1 N–H and O–H groups in total. The highest BCUT2D eigenvalue weighted by molar-refractivity contribution is 4.84. The predicted octanol–water partition coefficient (Wildman–Crippen LogP) is 2.60. The van der Waals surface area contributed by atoms with Crippen molar-refractivity contribution in [3.8, 4) is 0 Å². The lowest BCUT2D eigenvalue weighted by atomic mass is 9.99. The number of aryl methyl sites for hydroxylation is 1. The highest BCUT2D eigenvalue weighted by Gasteiger charge is 2.07. The third kappa shape index (κ3) is 4.86. The maximum atomic E-state index is 4.12. The molecule has 0 radical (unpaired) electrons. The number of rotatable bonds is 9. The first kappa shape index (κ1) is 14.2. The average molecular weight is 238 g/mol. The fourth-order valence-electron chi connectivity index (χ4n) is 2.01. The van der Waals surface area contributed by atoms with Crippen LogP contribution in [0.2, 0.25) is 0 Å². The van der Waals surface area contributed by atoms with Crippen LogP contribution in [0.3, 0.4) is 0 Å². The Hall–Kier alpha value is -0.900. The van der Waals surface area contributed by atoms with Crippen molar-refractivity contribution in [2.75, 3.05) is 6.54 Å². The van der Waals surface area contributed by atoms with Gasteiger partial charge >= 0.3 is 0 Å². The van der Waals surface area contributed by atoms with E-state index in [9.17, 15) is 0 Å². The van der Waals surface area contributed by atoms with Crippen LogP contribution in [0.15, 0.2) is 6.33 Å². The number of nitrogens with zero attached hydrogens (tertiary/aromatic N) is 3. The molecule has 0 aliphatic carbocycles. The molecule has 1 rings (SSSR count). The highest BCUT2D eigenvalue weighted by atomic mass is 15.3. The van der Waals surface area contributed by atoms with Crippen molar-refractivity contribution >= 4 is 0 Å². The molecular weight excluding hydrogens is 212 g/mol. The normalized spacial score (nSPS) is 12.9. The second-order valence-electron chi connectivity index (χ2n) is 4.58. The molecule has 98 valence electrons. The third-order valence-electron chi connectivity index (χ3n) is 3.30. The summed E-state index contributed by atoms with van der Waals surface area (Å²) in [6.45, 7) is 9.50. The van der Waals surface area contributed by atoms with Crippen molar-refractivity contribution in [2.24, 2.45) is 5.92 Å². The predicted molar refractivity (Wildman–Crippen MR) is 70.7 cm³/mol. The largest absolute Gasteiger partial charge is 0.317 e. The number of aromatic nitrogens is 3. The van der Waals surface area contributed by atoms with Crippen molar-refractivity contribution in [1.29, 1.82) is 0 Å².